The maximum Gasteiger partial charge on any atom is 0.268 e. The van der Waals surface area contributed by atoms with E-state index in [4.69, 9.17) is 4.74 Å². The number of hydrogen-bond donors (Lipinski definition) is 0. The van der Waals surface area contributed by atoms with E-state index in [9.17, 15) is 8.42 Å². The van der Waals surface area contributed by atoms with E-state index in [1.165, 1.54) is 11.4 Å². The highest BCUT2D eigenvalue weighted by Gasteiger charge is 2.27. The molecule has 21 heavy (non-hydrogen) atoms. The summed E-state index contributed by atoms with van der Waals surface area (Å²) >= 11 is 0. The Balaban J connectivity index is 2.58. The monoisotopic (exact) mass is 306 g/mol. The van der Waals surface area contributed by atoms with Gasteiger partial charge in [0.25, 0.3) is 10.0 Å². The molecular weight excluding hydrogens is 288 g/mol. The zero-order valence-corrected chi connectivity index (χ0v) is 13.1. The molecule has 2 aromatic rings. The molecule has 0 fully saturated rings. The predicted octanol–water partition coefficient (Wildman–Crippen LogP) is 2.61. The van der Waals surface area contributed by atoms with Crippen LogP contribution in [0.1, 0.15) is 12.5 Å². The lowest BCUT2D eigenvalue weighted by Gasteiger charge is -2.23. The van der Waals surface area contributed by atoms with E-state index in [1.807, 2.05) is 13.0 Å². The van der Waals surface area contributed by atoms with Crippen LogP contribution in [0.2, 0.25) is 0 Å². The number of benzene rings is 1. The molecule has 0 unspecified atom stereocenters. The van der Waals surface area contributed by atoms with E-state index in [-0.39, 0.29) is 4.90 Å². The quantitative estimate of drug-likeness (QED) is 0.852. The van der Waals surface area contributed by atoms with Gasteiger partial charge in [-0.1, -0.05) is 6.07 Å². The van der Waals surface area contributed by atoms with Gasteiger partial charge in [0.15, 0.2) is 0 Å². The third kappa shape index (κ3) is 3.00. The van der Waals surface area contributed by atoms with Crippen LogP contribution in [0.25, 0.3) is 0 Å². The molecule has 1 aromatic carbocycles. The zero-order valence-electron chi connectivity index (χ0n) is 12.3. The Hall–Kier alpha value is -2.08. The maximum absolute atomic E-state index is 12.9. The molecule has 0 radical (unpaired) electrons. The molecule has 0 N–H and O–H groups in total. The van der Waals surface area contributed by atoms with Gasteiger partial charge >= 0.3 is 0 Å². The number of aryl methyl sites for hydroxylation is 1. The fourth-order valence-corrected chi connectivity index (χ4v) is 3.82. The van der Waals surface area contributed by atoms with Gasteiger partial charge in [0.05, 0.1) is 12.8 Å². The van der Waals surface area contributed by atoms with Crippen molar-refractivity contribution in [2.75, 3.05) is 18.0 Å². The Morgan fingerprint density at radius 2 is 1.86 bits per heavy atom. The zero-order chi connectivity index (χ0) is 15.5. The van der Waals surface area contributed by atoms with Crippen molar-refractivity contribution in [1.82, 2.24) is 4.98 Å². The lowest BCUT2D eigenvalue weighted by Crippen LogP contribution is -2.31. The molecule has 0 saturated heterocycles. The van der Waals surface area contributed by atoms with Crippen LogP contribution in [0.5, 0.6) is 5.75 Å². The van der Waals surface area contributed by atoms with Gasteiger partial charge in [-0.2, -0.15) is 0 Å². The third-order valence-electron chi connectivity index (χ3n) is 3.13. The Kier molecular flexibility index (Phi) is 4.47. The predicted molar refractivity (Wildman–Crippen MR) is 82.2 cm³/mol. The van der Waals surface area contributed by atoms with Crippen LogP contribution in [-0.4, -0.2) is 27.1 Å². The fraction of sp³-hybridized carbons (Fsp3) is 0.267. The first-order valence-electron chi connectivity index (χ1n) is 6.58. The molecule has 0 aliphatic carbocycles. The van der Waals surface area contributed by atoms with Gasteiger partial charge in [0, 0.05) is 18.9 Å². The van der Waals surface area contributed by atoms with Gasteiger partial charge in [-0.25, -0.2) is 8.42 Å². The van der Waals surface area contributed by atoms with Crippen LogP contribution < -0.4 is 9.04 Å². The Morgan fingerprint density at radius 1 is 1.19 bits per heavy atom. The van der Waals surface area contributed by atoms with E-state index in [0.717, 1.165) is 5.56 Å². The van der Waals surface area contributed by atoms with E-state index in [2.05, 4.69) is 4.98 Å². The van der Waals surface area contributed by atoms with Gasteiger partial charge in [0.1, 0.15) is 10.6 Å². The van der Waals surface area contributed by atoms with Crippen LogP contribution in [-0.2, 0) is 10.0 Å². The number of rotatable bonds is 5. The van der Waals surface area contributed by atoms with Crippen LogP contribution in [0.15, 0.2) is 47.6 Å². The summed E-state index contributed by atoms with van der Waals surface area (Å²) in [4.78, 5) is 4.09. The lowest BCUT2D eigenvalue weighted by atomic mass is 10.2. The number of hydrogen-bond acceptors (Lipinski definition) is 4. The highest BCUT2D eigenvalue weighted by Crippen LogP contribution is 2.30. The number of anilines is 1. The normalized spacial score (nSPS) is 11.2. The molecule has 0 bridgehead atoms. The van der Waals surface area contributed by atoms with Gasteiger partial charge in [-0.3, -0.25) is 9.29 Å². The maximum atomic E-state index is 12.9. The minimum Gasteiger partial charge on any atom is -0.495 e. The average molecular weight is 306 g/mol. The van der Waals surface area contributed by atoms with Crippen molar-refractivity contribution in [3.63, 3.8) is 0 Å². The van der Waals surface area contributed by atoms with Crippen molar-refractivity contribution in [2.24, 2.45) is 0 Å². The number of nitrogens with zero attached hydrogens (tertiary/aromatic N) is 2. The van der Waals surface area contributed by atoms with Crippen molar-refractivity contribution in [3.8, 4) is 5.75 Å². The summed E-state index contributed by atoms with van der Waals surface area (Å²) in [5, 5.41) is 0. The molecule has 0 atom stereocenters. The standard InChI is InChI=1S/C15H18N2O3S/c1-4-17(13-7-9-16-10-8-13)21(18,19)15-11-12(2)5-6-14(15)20-3/h5-11H,4H2,1-3H3. The van der Waals surface area contributed by atoms with Crippen molar-refractivity contribution in [2.45, 2.75) is 18.7 Å². The largest absolute Gasteiger partial charge is 0.495 e. The number of aromatic nitrogens is 1. The van der Waals surface area contributed by atoms with Crippen molar-refractivity contribution in [1.29, 1.82) is 0 Å². The van der Waals surface area contributed by atoms with E-state index in [0.29, 0.717) is 18.0 Å². The second-order valence-corrected chi connectivity index (χ2v) is 6.36. The Labute approximate surface area is 125 Å². The van der Waals surface area contributed by atoms with Crippen LogP contribution in [0.4, 0.5) is 5.69 Å². The van der Waals surface area contributed by atoms with Crippen molar-refractivity contribution >= 4 is 15.7 Å². The van der Waals surface area contributed by atoms with Gasteiger partial charge < -0.3 is 4.74 Å². The van der Waals surface area contributed by atoms with Gasteiger partial charge in [-0.05, 0) is 43.7 Å². The Bertz CT molecular complexity index is 715. The molecule has 1 aromatic heterocycles. The first-order valence-corrected chi connectivity index (χ1v) is 8.02. The van der Waals surface area contributed by atoms with E-state index >= 15 is 0 Å². The molecule has 0 saturated carbocycles. The highest BCUT2D eigenvalue weighted by molar-refractivity contribution is 7.93. The molecule has 6 heteroatoms. The molecular formula is C15H18N2O3S. The summed E-state index contributed by atoms with van der Waals surface area (Å²) in [6, 6.07) is 8.45. The number of sulfonamides is 1. The van der Waals surface area contributed by atoms with Gasteiger partial charge in [0.2, 0.25) is 0 Å². The van der Waals surface area contributed by atoms with Crippen LogP contribution in [0, 0.1) is 6.92 Å². The molecule has 5 nitrogen and oxygen atoms in total. The summed E-state index contributed by atoms with van der Waals surface area (Å²) in [7, 11) is -2.22. The highest BCUT2D eigenvalue weighted by atomic mass is 32.2. The van der Waals surface area contributed by atoms with Crippen LogP contribution >= 0.6 is 0 Å². The minimum absolute atomic E-state index is 0.170. The average Bonchev–Trinajstić information content (AvgIpc) is 2.49. The fourth-order valence-electron chi connectivity index (χ4n) is 2.11. The molecule has 1 heterocycles. The molecule has 2 rings (SSSR count). The molecule has 0 spiro atoms. The van der Waals surface area contributed by atoms with E-state index in [1.54, 1.807) is 43.6 Å². The summed E-state index contributed by atoms with van der Waals surface area (Å²) in [6.07, 6.45) is 3.14. The number of ether oxygens (including phenoxy) is 1. The summed E-state index contributed by atoms with van der Waals surface area (Å²) in [6.45, 7) is 3.96. The van der Waals surface area contributed by atoms with Gasteiger partial charge in [-0.15, -0.1) is 0 Å². The molecule has 112 valence electrons. The molecule has 0 aliphatic heterocycles. The second kappa shape index (κ2) is 6.13. The third-order valence-corrected chi connectivity index (χ3v) is 5.05. The van der Waals surface area contributed by atoms with E-state index < -0.39 is 10.0 Å². The van der Waals surface area contributed by atoms with Crippen LogP contribution in [0.3, 0.4) is 0 Å². The Morgan fingerprint density at radius 3 is 2.43 bits per heavy atom. The summed E-state index contributed by atoms with van der Waals surface area (Å²) < 4.78 is 32.4. The first-order chi connectivity index (χ1) is 10.0. The number of pyridine rings is 1. The smallest absolute Gasteiger partial charge is 0.268 e. The molecule has 0 aliphatic rings. The van der Waals surface area contributed by atoms with Crippen molar-refractivity contribution in [3.05, 3.63) is 48.3 Å². The topological polar surface area (TPSA) is 59.5 Å². The number of methoxy groups -OCH3 is 1. The van der Waals surface area contributed by atoms with Crippen molar-refractivity contribution < 1.29 is 13.2 Å². The SMILES string of the molecule is CCN(c1ccncc1)S(=O)(=O)c1cc(C)ccc1OC. The lowest BCUT2D eigenvalue weighted by molar-refractivity contribution is 0.402. The second-order valence-electron chi connectivity index (χ2n) is 4.53. The minimum atomic E-state index is -3.69. The molecule has 0 amide bonds. The summed E-state index contributed by atoms with van der Waals surface area (Å²) in [5.41, 5.74) is 1.44. The summed E-state index contributed by atoms with van der Waals surface area (Å²) in [5.74, 6) is 0.341. The first kappa shape index (κ1) is 15.3.